The van der Waals surface area contributed by atoms with Gasteiger partial charge in [-0.05, 0) is 56.5 Å². The molecule has 2 unspecified atom stereocenters. The van der Waals surface area contributed by atoms with Crippen LogP contribution in [0, 0.1) is 11.3 Å². The standard InChI is InChI=1S/C15H30N2/c1-3-15(4-2)9-10-17(12-15)14-8-6-5-7-13(14)11-16/h13-14H,3-12,16H2,1-2H3. The molecular formula is C15H30N2. The van der Waals surface area contributed by atoms with Crippen molar-refractivity contribution in [3.8, 4) is 0 Å². The zero-order chi connectivity index (χ0) is 12.3. The van der Waals surface area contributed by atoms with Gasteiger partial charge in [-0.2, -0.15) is 0 Å². The Morgan fingerprint density at radius 2 is 1.88 bits per heavy atom. The summed E-state index contributed by atoms with van der Waals surface area (Å²) in [4.78, 5) is 2.78. The smallest absolute Gasteiger partial charge is 0.0136 e. The third kappa shape index (κ3) is 2.68. The average Bonchev–Trinajstić information content (AvgIpc) is 2.83. The van der Waals surface area contributed by atoms with E-state index in [2.05, 4.69) is 18.7 Å². The summed E-state index contributed by atoms with van der Waals surface area (Å²) < 4.78 is 0. The molecule has 2 N–H and O–H groups in total. The first-order chi connectivity index (χ1) is 8.24. The Hall–Kier alpha value is -0.0800. The van der Waals surface area contributed by atoms with Crippen LogP contribution in [0.2, 0.25) is 0 Å². The normalized spacial score (nSPS) is 34.1. The Bertz CT molecular complexity index is 235. The van der Waals surface area contributed by atoms with Gasteiger partial charge in [0.15, 0.2) is 0 Å². The van der Waals surface area contributed by atoms with Gasteiger partial charge in [0.05, 0.1) is 0 Å². The molecule has 0 bridgehead atoms. The highest BCUT2D eigenvalue weighted by Gasteiger charge is 2.40. The summed E-state index contributed by atoms with van der Waals surface area (Å²) in [5.74, 6) is 0.772. The summed E-state index contributed by atoms with van der Waals surface area (Å²) in [5.41, 5.74) is 6.59. The van der Waals surface area contributed by atoms with Crippen molar-refractivity contribution in [3.05, 3.63) is 0 Å². The lowest BCUT2D eigenvalue weighted by molar-refractivity contribution is 0.114. The van der Waals surface area contributed by atoms with E-state index in [4.69, 9.17) is 5.73 Å². The minimum absolute atomic E-state index is 0.622. The second-order valence-corrected chi connectivity index (χ2v) is 6.28. The van der Waals surface area contributed by atoms with E-state index in [-0.39, 0.29) is 0 Å². The molecule has 2 fully saturated rings. The van der Waals surface area contributed by atoms with Crippen molar-refractivity contribution in [1.82, 2.24) is 4.90 Å². The van der Waals surface area contributed by atoms with Gasteiger partial charge in [0.1, 0.15) is 0 Å². The van der Waals surface area contributed by atoms with Crippen LogP contribution >= 0.6 is 0 Å². The van der Waals surface area contributed by atoms with Crippen molar-refractivity contribution in [2.45, 2.75) is 64.8 Å². The maximum Gasteiger partial charge on any atom is 0.0136 e. The lowest BCUT2D eigenvalue weighted by atomic mass is 9.81. The molecule has 0 aromatic rings. The van der Waals surface area contributed by atoms with E-state index >= 15 is 0 Å². The van der Waals surface area contributed by atoms with Gasteiger partial charge in [-0.3, -0.25) is 4.90 Å². The Labute approximate surface area is 107 Å². The van der Waals surface area contributed by atoms with Crippen LogP contribution in [0.15, 0.2) is 0 Å². The van der Waals surface area contributed by atoms with E-state index in [1.807, 2.05) is 0 Å². The molecule has 2 aliphatic rings. The summed E-state index contributed by atoms with van der Waals surface area (Å²) in [7, 11) is 0. The summed E-state index contributed by atoms with van der Waals surface area (Å²) in [5, 5.41) is 0. The number of nitrogens with zero attached hydrogens (tertiary/aromatic N) is 1. The molecule has 1 aliphatic heterocycles. The van der Waals surface area contributed by atoms with Crippen molar-refractivity contribution in [1.29, 1.82) is 0 Å². The molecular weight excluding hydrogens is 208 g/mol. The van der Waals surface area contributed by atoms with Gasteiger partial charge in [-0.15, -0.1) is 0 Å². The molecule has 1 saturated heterocycles. The van der Waals surface area contributed by atoms with Crippen LogP contribution in [0.25, 0.3) is 0 Å². The van der Waals surface area contributed by atoms with Crippen LogP contribution in [-0.2, 0) is 0 Å². The maximum absolute atomic E-state index is 5.97. The molecule has 17 heavy (non-hydrogen) atoms. The zero-order valence-electron chi connectivity index (χ0n) is 11.8. The fourth-order valence-corrected chi connectivity index (χ4v) is 4.02. The van der Waals surface area contributed by atoms with E-state index in [9.17, 15) is 0 Å². The molecule has 2 atom stereocenters. The second kappa shape index (κ2) is 5.71. The van der Waals surface area contributed by atoms with Crippen LogP contribution in [-0.4, -0.2) is 30.6 Å². The molecule has 0 amide bonds. The third-order valence-corrected chi connectivity index (χ3v) is 5.61. The fraction of sp³-hybridized carbons (Fsp3) is 1.00. The quantitative estimate of drug-likeness (QED) is 0.816. The van der Waals surface area contributed by atoms with E-state index in [0.29, 0.717) is 5.41 Å². The summed E-state index contributed by atoms with van der Waals surface area (Å²) >= 11 is 0. The predicted octanol–water partition coefficient (Wildman–Crippen LogP) is 3.02. The molecule has 0 radical (unpaired) electrons. The van der Waals surface area contributed by atoms with Gasteiger partial charge in [-0.25, -0.2) is 0 Å². The molecule has 2 heteroatoms. The van der Waals surface area contributed by atoms with Crippen LogP contribution in [0.4, 0.5) is 0 Å². The summed E-state index contributed by atoms with van der Waals surface area (Å²) in [6, 6.07) is 0.800. The Balaban J connectivity index is 1.98. The Kier molecular flexibility index (Phi) is 4.48. The molecule has 0 spiro atoms. The van der Waals surface area contributed by atoms with E-state index in [0.717, 1.165) is 18.5 Å². The fourth-order valence-electron chi connectivity index (χ4n) is 4.02. The van der Waals surface area contributed by atoms with Crippen LogP contribution < -0.4 is 5.73 Å². The van der Waals surface area contributed by atoms with E-state index in [1.54, 1.807) is 0 Å². The summed E-state index contributed by atoms with van der Waals surface area (Å²) in [6.07, 6.45) is 9.68. The van der Waals surface area contributed by atoms with Crippen LogP contribution in [0.3, 0.4) is 0 Å². The predicted molar refractivity (Wildman–Crippen MR) is 74.0 cm³/mol. The molecule has 2 rings (SSSR count). The van der Waals surface area contributed by atoms with Gasteiger partial charge in [0.2, 0.25) is 0 Å². The topological polar surface area (TPSA) is 29.3 Å². The first-order valence-electron chi connectivity index (χ1n) is 7.69. The number of hydrogen-bond acceptors (Lipinski definition) is 2. The monoisotopic (exact) mass is 238 g/mol. The average molecular weight is 238 g/mol. The van der Waals surface area contributed by atoms with Gasteiger partial charge < -0.3 is 5.73 Å². The van der Waals surface area contributed by atoms with E-state index in [1.165, 1.54) is 58.0 Å². The Morgan fingerprint density at radius 1 is 1.18 bits per heavy atom. The molecule has 0 aromatic heterocycles. The van der Waals surface area contributed by atoms with Gasteiger partial charge in [0, 0.05) is 12.6 Å². The van der Waals surface area contributed by atoms with Gasteiger partial charge >= 0.3 is 0 Å². The Morgan fingerprint density at radius 3 is 2.47 bits per heavy atom. The van der Waals surface area contributed by atoms with Crippen molar-refractivity contribution in [2.75, 3.05) is 19.6 Å². The van der Waals surface area contributed by atoms with Gasteiger partial charge in [-0.1, -0.05) is 26.7 Å². The van der Waals surface area contributed by atoms with Crippen molar-refractivity contribution >= 4 is 0 Å². The number of nitrogens with two attached hydrogens (primary N) is 1. The van der Waals surface area contributed by atoms with Crippen LogP contribution in [0.1, 0.15) is 58.8 Å². The van der Waals surface area contributed by atoms with Crippen molar-refractivity contribution < 1.29 is 0 Å². The molecule has 1 heterocycles. The highest BCUT2D eigenvalue weighted by atomic mass is 15.2. The molecule has 2 nitrogen and oxygen atoms in total. The molecule has 1 aliphatic carbocycles. The lowest BCUT2D eigenvalue weighted by Gasteiger charge is -2.38. The first-order valence-corrected chi connectivity index (χ1v) is 7.69. The van der Waals surface area contributed by atoms with Gasteiger partial charge in [0.25, 0.3) is 0 Å². The second-order valence-electron chi connectivity index (χ2n) is 6.28. The minimum Gasteiger partial charge on any atom is -0.330 e. The first kappa shape index (κ1) is 13.4. The number of likely N-dealkylation sites (tertiary alicyclic amines) is 1. The van der Waals surface area contributed by atoms with Crippen LogP contribution in [0.5, 0.6) is 0 Å². The van der Waals surface area contributed by atoms with Crippen molar-refractivity contribution in [2.24, 2.45) is 17.1 Å². The lowest BCUT2D eigenvalue weighted by Crippen LogP contribution is -2.44. The number of hydrogen-bond donors (Lipinski definition) is 1. The largest absolute Gasteiger partial charge is 0.330 e. The highest BCUT2D eigenvalue weighted by molar-refractivity contribution is 4.94. The SMILES string of the molecule is CCC1(CC)CCN(C2CCCCC2CN)C1. The van der Waals surface area contributed by atoms with E-state index < -0.39 is 0 Å². The third-order valence-electron chi connectivity index (χ3n) is 5.61. The molecule has 1 saturated carbocycles. The highest BCUT2D eigenvalue weighted by Crippen LogP contribution is 2.40. The van der Waals surface area contributed by atoms with Crippen molar-refractivity contribution in [3.63, 3.8) is 0 Å². The zero-order valence-corrected chi connectivity index (χ0v) is 11.8. The molecule has 0 aromatic carbocycles. The number of rotatable bonds is 4. The summed E-state index contributed by atoms with van der Waals surface area (Å²) in [6.45, 7) is 8.29. The maximum atomic E-state index is 5.97. The minimum atomic E-state index is 0.622. The molecule has 100 valence electrons.